The lowest BCUT2D eigenvalue weighted by atomic mass is 9.96. The van der Waals surface area contributed by atoms with Gasteiger partial charge in [0.25, 0.3) is 11.5 Å². The van der Waals surface area contributed by atoms with Crippen LogP contribution >= 0.6 is 11.3 Å². The van der Waals surface area contributed by atoms with E-state index >= 15 is 0 Å². The summed E-state index contributed by atoms with van der Waals surface area (Å²) in [6.45, 7) is 4.39. The number of hydrogen-bond donors (Lipinski definition) is 2. The van der Waals surface area contributed by atoms with Crippen molar-refractivity contribution in [3.63, 3.8) is 0 Å². The predicted octanol–water partition coefficient (Wildman–Crippen LogP) is 1.64. The Balaban J connectivity index is 1.34. The Morgan fingerprint density at radius 2 is 1.97 bits per heavy atom. The monoisotopic (exact) mass is 415 g/mol. The molecule has 0 spiro atoms. The Morgan fingerprint density at radius 1 is 1.14 bits per heavy atom. The van der Waals surface area contributed by atoms with E-state index in [9.17, 15) is 9.59 Å². The highest BCUT2D eigenvalue weighted by atomic mass is 32.1. The van der Waals surface area contributed by atoms with E-state index in [0.717, 1.165) is 61.4 Å². The third-order valence-electron chi connectivity index (χ3n) is 6.97. The van der Waals surface area contributed by atoms with E-state index < -0.39 is 0 Å². The molecule has 0 radical (unpaired) electrons. The molecule has 0 unspecified atom stereocenters. The largest absolute Gasteiger partial charge is 0.337 e. The summed E-state index contributed by atoms with van der Waals surface area (Å²) < 4.78 is 0. The molecular formula is C22H31N4O2S+. The van der Waals surface area contributed by atoms with Crippen LogP contribution in [0.2, 0.25) is 0 Å². The van der Waals surface area contributed by atoms with Gasteiger partial charge in [-0.2, -0.15) is 0 Å². The second-order valence-electron chi connectivity index (χ2n) is 9.01. The number of nitrogens with one attached hydrogen (secondary N) is 2. The number of amides is 1. The SMILES string of the molecule is O=C(C[NH+]1CCCCC1)N1CCC[C@@H](c2nc3sc4c(c3c(=O)[nH]2)CCCC4)C1. The molecule has 156 valence electrons. The summed E-state index contributed by atoms with van der Waals surface area (Å²) in [6.07, 6.45) is 10.2. The molecule has 2 aromatic heterocycles. The lowest BCUT2D eigenvalue weighted by molar-refractivity contribution is -0.897. The number of rotatable bonds is 3. The van der Waals surface area contributed by atoms with Gasteiger partial charge >= 0.3 is 0 Å². The average molecular weight is 416 g/mol. The number of quaternary nitrogens is 1. The molecule has 1 aliphatic carbocycles. The first-order valence-electron chi connectivity index (χ1n) is 11.3. The zero-order chi connectivity index (χ0) is 19.8. The predicted molar refractivity (Wildman–Crippen MR) is 115 cm³/mol. The summed E-state index contributed by atoms with van der Waals surface area (Å²) in [5.74, 6) is 1.19. The molecule has 2 aliphatic heterocycles. The molecule has 2 aromatic rings. The van der Waals surface area contributed by atoms with Gasteiger partial charge < -0.3 is 14.8 Å². The number of H-pyrrole nitrogens is 1. The van der Waals surface area contributed by atoms with Gasteiger partial charge in [0.2, 0.25) is 0 Å². The zero-order valence-electron chi connectivity index (χ0n) is 17.1. The maximum atomic E-state index is 12.9. The summed E-state index contributed by atoms with van der Waals surface area (Å²) in [5, 5.41) is 0.825. The van der Waals surface area contributed by atoms with Crippen LogP contribution in [-0.4, -0.2) is 53.5 Å². The van der Waals surface area contributed by atoms with Gasteiger partial charge in [-0.25, -0.2) is 4.98 Å². The van der Waals surface area contributed by atoms with Crippen molar-refractivity contribution < 1.29 is 9.69 Å². The maximum absolute atomic E-state index is 12.9. The first kappa shape index (κ1) is 19.2. The molecule has 1 atom stereocenters. The molecule has 0 bridgehead atoms. The first-order chi connectivity index (χ1) is 14.2. The van der Waals surface area contributed by atoms with Gasteiger partial charge in [0.15, 0.2) is 6.54 Å². The molecular weight excluding hydrogens is 384 g/mol. The van der Waals surface area contributed by atoms with Crippen LogP contribution in [-0.2, 0) is 17.6 Å². The minimum atomic E-state index is 0.0191. The van der Waals surface area contributed by atoms with Gasteiger partial charge in [-0.15, -0.1) is 11.3 Å². The zero-order valence-corrected chi connectivity index (χ0v) is 17.9. The van der Waals surface area contributed by atoms with E-state index in [0.29, 0.717) is 13.1 Å². The summed E-state index contributed by atoms with van der Waals surface area (Å²) in [5.41, 5.74) is 1.26. The molecule has 7 heteroatoms. The second kappa shape index (κ2) is 8.19. The van der Waals surface area contributed by atoms with E-state index in [1.807, 2.05) is 4.90 Å². The minimum absolute atomic E-state index is 0.0191. The second-order valence-corrected chi connectivity index (χ2v) is 10.1. The number of aromatic amines is 1. The number of nitrogens with zero attached hydrogens (tertiary/aromatic N) is 2. The Hall–Kier alpha value is -1.73. The Morgan fingerprint density at radius 3 is 2.83 bits per heavy atom. The van der Waals surface area contributed by atoms with Gasteiger partial charge in [-0.05, 0) is 63.4 Å². The number of carbonyl (C=O) groups excluding carboxylic acids is 1. The normalized spacial score (nSPS) is 23.3. The highest BCUT2D eigenvalue weighted by molar-refractivity contribution is 7.18. The molecule has 6 nitrogen and oxygen atoms in total. The Labute approximate surface area is 175 Å². The Bertz CT molecular complexity index is 960. The van der Waals surface area contributed by atoms with Crippen molar-refractivity contribution >= 4 is 27.5 Å². The summed E-state index contributed by atoms with van der Waals surface area (Å²) in [6, 6.07) is 0. The van der Waals surface area contributed by atoms with Gasteiger partial charge in [0, 0.05) is 23.9 Å². The van der Waals surface area contributed by atoms with Gasteiger partial charge in [-0.1, -0.05) is 0 Å². The van der Waals surface area contributed by atoms with Gasteiger partial charge in [0.1, 0.15) is 10.7 Å². The molecule has 5 rings (SSSR count). The quantitative estimate of drug-likeness (QED) is 0.801. The van der Waals surface area contributed by atoms with Crippen LogP contribution in [0.4, 0.5) is 0 Å². The molecule has 2 saturated heterocycles. The molecule has 29 heavy (non-hydrogen) atoms. The van der Waals surface area contributed by atoms with Crippen molar-refractivity contribution in [2.45, 2.75) is 63.7 Å². The van der Waals surface area contributed by atoms with E-state index in [-0.39, 0.29) is 17.4 Å². The van der Waals surface area contributed by atoms with Crippen molar-refractivity contribution in [1.29, 1.82) is 0 Å². The smallest absolute Gasteiger partial charge is 0.277 e. The van der Waals surface area contributed by atoms with Crippen molar-refractivity contribution in [2.75, 3.05) is 32.7 Å². The standard InChI is InChI=1S/C22H30N4O2S/c27-18(14-25-10-4-1-5-11-25)26-12-6-7-15(13-26)20-23-21(28)19-16-8-2-3-9-17(16)29-22(19)24-20/h15H,1-14H2,(H,23,24,28)/p+1/t15-/m1/s1. The number of aromatic nitrogens is 2. The van der Waals surface area contributed by atoms with Crippen molar-refractivity contribution in [1.82, 2.24) is 14.9 Å². The maximum Gasteiger partial charge on any atom is 0.277 e. The molecule has 4 heterocycles. The van der Waals surface area contributed by atoms with Crippen LogP contribution in [0.1, 0.15) is 67.1 Å². The number of thiophene rings is 1. The van der Waals surface area contributed by atoms with E-state index in [1.54, 1.807) is 11.3 Å². The fraction of sp³-hybridized carbons (Fsp3) is 0.682. The van der Waals surface area contributed by atoms with Crippen LogP contribution < -0.4 is 10.5 Å². The lowest BCUT2D eigenvalue weighted by Gasteiger charge is -2.33. The molecule has 0 aromatic carbocycles. The Kier molecular flexibility index (Phi) is 5.43. The van der Waals surface area contributed by atoms with E-state index in [1.165, 1.54) is 47.4 Å². The number of likely N-dealkylation sites (tertiary alicyclic amines) is 2. The summed E-state index contributed by atoms with van der Waals surface area (Å²) in [7, 11) is 0. The van der Waals surface area contributed by atoms with E-state index in [2.05, 4.69) is 4.98 Å². The number of piperidine rings is 2. The number of carbonyl (C=O) groups is 1. The molecule has 1 amide bonds. The average Bonchev–Trinajstić information content (AvgIpc) is 3.13. The number of fused-ring (bicyclic) bond motifs is 3. The topological polar surface area (TPSA) is 70.5 Å². The number of aryl methyl sites for hydroxylation is 2. The molecule has 2 fully saturated rings. The van der Waals surface area contributed by atoms with Crippen LogP contribution in [0.25, 0.3) is 10.2 Å². The molecule has 2 N–H and O–H groups in total. The fourth-order valence-electron chi connectivity index (χ4n) is 5.35. The lowest BCUT2D eigenvalue weighted by Crippen LogP contribution is -3.13. The van der Waals surface area contributed by atoms with Crippen molar-refractivity contribution in [2.24, 2.45) is 0 Å². The third kappa shape index (κ3) is 3.87. The van der Waals surface area contributed by atoms with Crippen LogP contribution in [0, 0.1) is 0 Å². The summed E-state index contributed by atoms with van der Waals surface area (Å²) in [4.78, 5) is 39.4. The van der Waals surface area contributed by atoms with Gasteiger partial charge in [-0.3, -0.25) is 9.59 Å². The van der Waals surface area contributed by atoms with Gasteiger partial charge in [0.05, 0.1) is 18.5 Å². The number of hydrogen-bond acceptors (Lipinski definition) is 4. The first-order valence-corrected chi connectivity index (χ1v) is 12.2. The van der Waals surface area contributed by atoms with E-state index in [4.69, 9.17) is 4.98 Å². The van der Waals surface area contributed by atoms with Crippen LogP contribution in [0.5, 0.6) is 0 Å². The fourth-order valence-corrected chi connectivity index (χ4v) is 6.62. The summed E-state index contributed by atoms with van der Waals surface area (Å²) >= 11 is 1.71. The highest BCUT2D eigenvalue weighted by Crippen LogP contribution is 2.34. The van der Waals surface area contributed by atoms with Crippen molar-refractivity contribution in [3.8, 4) is 0 Å². The van der Waals surface area contributed by atoms with Crippen LogP contribution in [0.3, 0.4) is 0 Å². The highest BCUT2D eigenvalue weighted by Gasteiger charge is 2.30. The van der Waals surface area contributed by atoms with Crippen LogP contribution in [0.15, 0.2) is 4.79 Å². The van der Waals surface area contributed by atoms with Crippen molar-refractivity contribution in [3.05, 3.63) is 26.6 Å². The molecule has 0 saturated carbocycles. The third-order valence-corrected chi connectivity index (χ3v) is 8.15. The minimum Gasteiger partial charge on any atom is -0.337 e. The molecule has 3 aliphatic rings.